The van der Waals surface area contributed by atoms with Gasteiger partial charge in [-0.05, 0) is 84.3 Å². The SMILES string of the molecule is O=C1C2C(C(=O)N1c1ccc(Br)cc1)[C@@H]1C[C@H]2C2Sc3[nH]c(=O)sc3C(c3cc(Cl)ccc3OCc3ccc(Cl)cc3)C21. The highest BCUT2D eigenvalue weighted by Crippen LogP contribution is 2.69. The summed E-state index contributed by atoms with van der Waals surface area (Å²) in [6, 6.07) is 20.5. The number of hydrogen-bond acceptors (Lipinski definition) is 6. The summed E-state index contributed by atoms with van der Waals surface area (Å²) < 4.78 is 7.29. The van der Waals surface area contributed by atoms with Gasteiger partial charge in [0.1, 0.15) is 12.4 Å². The van der Waals surface area contributed by atoms with Crippen LogP contribution in [0.5, 0.6) is 5.75 Å². The number of halogens is 3. The van der Waals surface area contributed by atoms with E-state index in [2.05, 4.69) is 20.9 Å². The van der Waals surface area contributed by atoms with Crippen molar-refractivity contribution in [3.8, 4) is 5.75 Å². The highest BCUT2D eigenvalue weighted by atomic mass is 79.9. The molecule has 2 bridgehead atoms. The van der Waals surface area contributed by atoms with E-state index in [9.17, 15) is 14.4 Å². The topological polar surface area (TPSA) is 79.5 Å². The summed E-state index contributed by atoms with van der Waals surface area (Å²) >= 11 is 19.0. The second-order valence-electron chi connectivity index (χ2n) is 11.5. The lowest BCUT2D eigenvalue weighted by atomic mass is 9.68. The van der Waals surface area contributed by atoms with Crippen molar-refractivity contribution < 1.29 is 14.3 Å². The lowest BCUT2D eigenvalue weighted by Crippen LogP contribution is -2.42. The molecule has 3 heterocycles. The summed E-state index contributed by atoms with van der Waals surface area (Å²) in [6.45, 7) is 0.337. The van der Waals surface area contributed by atoms with E-state index in [4.69, 9.17) is 27.9 Å². The third-order valence-electron chi connectivity index (χ3n) is 9.42. The van der Waals surface area contributed by atoms with Crippen molar-refractivity contribution in [2.75, 3.05) is 4.90 Å². The number of carbonyl (C=O) groups is 2. The summed E-state index contributed by atoms with van der Waals surface area (Å²) in [5, 5.41) is 2.14. The van der Waals surface area contributed by atoms with Crippen molar-refractivity contribution in [2.45, 2.75) is 29.2 Å². The Hall–Kier alpha value is -2.56. The van der Waals surface area contributed by atoms with E-state index in [1.165, 1.54) is 16.2 Å². The number of amides is 2. The minimum Gasteiger partial charge on any atom is -0.489 e. The highest BCUT2D eigenvalue weighted by Gasteiger charge is 2.69. The Bertz CT molecular complexity index is 1840. The Morgan fingerprint density at radius 1 is 0.907 bits per heavy atom. The lowest BCUT2D eigenvalue weighted by molar-refractivity contribution is -0.123. The van der Waals surface area contributed by atoms with Crippen LogP contribution in [0.4, 0.5) is 5.69 Å². The van der Waals surface area contributed by atoms with Gasteiger partial charge in [-0.25, -0.2) is 0 Å². The molecule has 2 amide bonds. The van der Waals surface area contributed by atoms with E-state index in [-0.39, 0.29) is 57.4 Å². The number of anilines is 1. The van der Waals surface area contributed by atoms with Gasteiger partial charge in [-0.1, -0.05) is 62.6 Å². The number of imide groups is 1. The molecular weight excluding hydrogens is 691 g/mol. The van der Waals surface area contributed by atoms with E-state index < -0.39 is 0 Å². The van der Waals surface area contributed by atoms with E-state index in [0.29, 0.717) is 28.1 Å². The van der Waals surface area contributed by atoms with Crippen molar-refractivity contribution >= 4 is 79.7 Å². The lowest BCUT2D eigenvalue weighted by Gasteiger charge is -2.43. The monoisotopic (exact) mass is 712 g/mol. The molecule has 1 aromatic heterocycles. The molecule has 3 aromatic carbocycles. The number of thioether (sulfide) groups is 1. The number of hydrogen-bond donors (Lipinski definition) is 1. The molecule has 3 fully saturated rings. The van der Waals surface area contributed by atoms with Gasteiger partial charge in [-0.2, -0.15) is 0 Å². The summed E-state index contributed by atoms with van der Waals surface area (Å²) in [5.74, 6) is -0.446. The predicted octanol–water partition coefficient (Wildman–Crippen LogP) is 7.76. The second kappa shape index (κ2) is 10.5. The van der Waals surface area contributed by atoms with Gasteiger partial charge in [-0.15, -0.1) is 11.8 Å². The van der Waals surface area contributed by atoms with Gasteiger partial charge in [0.2, 0.25) is 11.8 Å². The first-order valence-electron chi connectivity index (χ1n) is 14.0. The minimum atomic E-state index is -0.389. The van der Waals surface area contributed by atoms with Gasteiger partial charge >= 0.3 is 4.87 Å². The molecule has 2 aliphatic carbocycles. The van der Waals surface area contributed by atoms with E-state index in [1.807, 2.05) is 66.7 Å². The molecule has 1 saturated heterocycles. The number of aromatic amines is 1. The largest absolute Gasteiger partial charge is 0.489 e. The molecule has 7 atom stereocenters. The zero-order valence-electron chi connectivity index (χ0n) is 22.3. The zero-order valence-corrected chi connectivity index (χ0v) is 27.1. The van der Waals surface area contributed by atoms with Crippen molar-refractivity contribution in [2.24, 2.45) is 29.6 Å². The molecule has 11 heteroatoms. The van der Waals surface area contributed by atoms with Crippen LogP contribution < -0.4 is 14.5 Å². The molecule has 5 unspecified atom stereocenters. The average Bonchev–Trinajstić information content (AvgIpc) is 3.73. The van der Waals surface area contributed by atoms with Crippen molar-refractivity contribution in [3.63, 3.8) is 0 Å². The molecule has 2 aliphatic heterocycles. The number of ether oxygens (including phenoxy) is 1. The minimum absolute atomic E-state index is 0.0113. The molecule has 1 N–H and O–H groups in total. The van der Waals surface area contributed by atoms with Crippen LogP contribution in [0.15, 0.2) is 81.0 Å². The molecule has 0 spiro atoms. The van der Waals surface area contributed by atoms with Crippen molar-refractivity contribution in [1.29, 1.82) is 0 Å². The molecule has 43 heavy (non-hydrogen) atoms. The fourth-order valence-electron chi connectivity index (χ4n) is 7.85. The standard InChI is InChI=1S/C32H23BrCl2N2O4S2/c33-15-3-8-18(9-4-15)37-30(38)25-20-12-21(26(25)31(37)39)27-24(20)23(28-29(42-27)36-32(40)43-28)19-11-17(35)7-10-22(19)41-13-14-1-5-16(34)6-2-14/h1-11,20-21,23-27H,12-13H2,(H,36,40)/t20-,21-,23?,24?,25?,26?,27?/m1/s1. The van der Waals surface area contributed by atoms with Crippen LogP contribution >= 0.6 is 62.2 Å². The number of aromatic nitrogens is 1. The molecule has 4 aliphatic rings. The highest BCUT2D eigenvalue weighted by molar-refractivity contribution is 9.10. The number of benzene rings is 3. The Morgan fingerprint density at radius 2 is 1.60 bits per heavy atom. The third kappa shape index (κ3) is 4.45. The van der Waals surface area contributed by atoms with E-state index in [1.54, 1.807) is 11.8 Å². The van der Waals surface area contributed by atoms with E-state index >= 15 is 0 Å². The van der Waals surface area contributed by atoms with Gasteiger partial charge in [0.05, 0.1) is 22.5 Å². The number of thiazole rings is 1. The van der Waals surface area contributed by atoms with E-state index in [0.717, 1.165) is 31.9 Å². The Labute approximate surface area is 273 Å². The normalized spacial score (nSPS) is 28.6. The quantitative estimate of drug-likeness (QED) is 0.214. The zero-order chi connectivity index (χ0) is 29.6. The molecule has 6 nitrogen and oxygen atoms in total. The number of fused-ring (bicyclic) bond motifs is 9. The van der Waals surface area contributed by atoms with Crippen LogP contribution in [0.3, 0.4) is 0 Å². The first-order valence-corrected chi connectivity index (χ1v) is 17.2. The van der Waals surface area contributed by atoms with Gasteiger partial charge in [-0.3, -0.25) is 19.3 Å². The maximum absolute atomic E-state index is 14.0. The summed E-state index contributed by atoms with van der Waals surface area (Å²) in [4.78, 5) is 45.9. The summed E-state index contributed by atoms with van der Waals surface area (Å²) in [7, 11) is 0. The Kier molecular flexibility index (Phi) is 6.84. The fourth-order valence-corrected chi connectivity index (χ4v) is 11.3. The van der Waals surface area contributed by atoms with Gasteiger partial charge in [0.15, 0.2) is 0 Å². The Morgan fingerprint density at radius 3 is 2.35 bits per heavy atom. The van der Waals surface area contributed by atoms with Crippen LogP contribution in [0.25, 0.3) is 0 Å². The smallest absolute Gasteiger partial charge is 0.305 e. The average molecular weight is 714 g/mol. The number of nitrogens with zero attached hydrogens (tertiary/aromatic N) is 1. The molecule has 2 saturated carbocycles. The Balaban J connectivity index is 1.20. The fraction of sp³-hybridized carbons (Fsp3) is 0.281. The molecular formula is C32H23BrCl2N2O4S2. The van der Waals surface area contributed by atoms with Crippen molar-refractivity contribution in [1.82, 2.24) is 4.98 Å². The summed E-state index contributed by atoms with van der Waals surface area (Å²) in [6.07, 6.45) is 0.806. The maximum atomic E-state index is 14.0. The third-order valence-corrected chi connectivity index (χ3v) is 13.0. The predicted molar refractivity (Wildman–Crippen MR) is 172 cm³/mol. The number of H-pyrrole nitrogens is 1. The van der Waals surface area contributed by atoms with Crippen LogP contribution in [0, 0.1) is 29.6 Å². The number of carbonyl (C=O) groups excluding carboxylic acids is 2. The number of rotatable bonds is 5. The van der Waals surface area contributed by atoms with Crippen LogP contribution in [0.1, 0.15) is 28.3 Å². The van der Waals surface area contributed by atoms with Gasteiger partial charge in [0.25, 0.3) is 0 Å². The molecule has 218 valence electrons. The molecule has 8 rings (SSSR count). The van der Waals surface area contributed by atoms with Crippen LogP contribution in [-0.4, -0.2) is 22.0 Å². The number of nitrogens with one attached hydrogen (secondary N) is 1. The van der Waals surface area contributed by atoms with Crippen LogP contribution in [0.2, 0.25) is 10.0 Å². The van der Waals surface area contributed by atoms with Gasteiger partial charge in [0, 0.05) is 36.1 Å². The first kappa shape index (κ1) is 28.0. The second-order valence-corrected chi connectivity index (χ2v) is 15.5. The van der Waals surface area contributed by atoms with Crippen LogP contribution in [-0.2, 0) is 16.2 Å². The molecule has 0 radical (unpaired) electrons. The first-order chi connectivity index (χ1) is 20.8. The maximum Gasteiger partial charge on any atom is 0.305 e. The summed E-state index contributed by atoms with van der Waals surface area (Å²) in [5.41, 5.74) is 2.48. The molecule has 4 aromatic rings. The van der Waals surface area contributed by atoms with Gasteiger partial charge < -0.3 is 9.72 Å². The van der Waals surface area contributed by atoms with Crippen molar-refractivity contribution in [3.05, 3.63) is 107 Å².